The number of nitrogens with zero attached hydrogens (tertiary/aromatic N) is 2. The van der Waals surface area contributed by atoms with Gasteiger partial charge in [0.1, 0.15) is 5.82 Å². The minimum Gasteiger partial charge on any atom is -0.398 e. The third kappa shape index (κ3) is 2.97. The first kappa shape index (κ1) is 14.5. The Labute approximate surface area is 117 Å². The van der Waals surface area contributed by atoms with Crippen LogP contribution >= 0.6 is 0 Å². The Balaban J connectivity index is 2.30. The first-order valence-corrected chi connectivity index (χ1v) is 6.59. The molecule has 0 amide bonds. The molecule has 0 saturated heterocycles. The standard InChI is InChI=1S/C14H20FN5/c1-3-20-11(6-9(2)19-20)8-14(18-17)12-7-10(15)4-5-13(12)16/h4-7,14,18H,3,8,16-17H2,1-2H3. The number of aromatic nitrogens is 2. The number of nitrogen functional groups attached to an aromatic ring is 1. The molecule has 1 atom stereocenters. The SMILES string of the molecule is CCn1nc(C)cc1CC(NN)c1cc(F)ccc1N. The molecule has 0 spiro atoms. The molecule has 5 N–H and O–H groups in total. The second-order valence-corrected chi connectivity index (χ2v) is 4.79. The van der Waals surface area contributed by atoms with E-state index in [1.165, 1.54) is 12.1 Å². The minimum absolute atomic E-state index is 0.257. The van der Waals surface area contributed by atoms with Crippen LogP contribution in [0, 0.1) is 12.7 Å². The van der Waals surface area contributed by atoms with E-state index in [0.717, 1.165) is 17.9 Å². The Morgan fingerprint density at radius 2 is 2.15 bits per heavy atom. The summed E-state index contributed by atoms with van der Waals surface area (Å²) < 4.78 is 15.3. The first-order chi connectivity index (χ1) is 9.55. The Morgan fingerprint density at radius 3 is 2.80 bits per heavy atom. The van der Waals surface area contributed by atoms with Crippen molar-refractivity contribution in [1.82, 2.24) is 15.2 Å². The molecule has 0 bridgehead atoms. The van der Waals surface area contributed by atoms with Crippen LogP contribution in [0.2, 0.25) is 0 Å². The normalized spacial score (nSPS) is 12.6. The maximum absolute atomic E-state index is 13.4. The number of halogens is 1. The van der Waals surface area contributed by atoms with E-state index in [4.69, 9.17) is 11.6 Å². The number of anilines is 1. The van der Waals surface area contributed by atoms with E-state index in [0.29, 0.717) is 17.7 Å². The van der Waals surface area contributed by atoms with E-state index in [1.54, 1.807) is 6.07 Å². The van der Waals surface area contributed by atoms with Crippen LogP contribution in [0.3, 0.4) is 0 Å². The van der Waals surface area contributed by atoms with Crippen molar-refractivity contribution in [2.75, 3.05) is 5.73 Å². The lowest BCUT2D eigenvalue weighted by Gasteiger charge is -2.18. The Bertz CT molecular complexity index is 593. The molecule has 6 heteroatoms. The highest BCUT2D eigenvalue weighted by Gasteiger charge is 2.17. The van der Waals surface area contributed by atoms with Crippen molar-refractivity contribution < 1.29 is 4.39 Å². The van der Waals surface area contributed by atoms with Crippen LogP contribution in [-0.4, -0.2) is 9.78 Å². The number of nitrogens with one attached hydrogen (secondary N) is 1. The second kappa shape index (κ2) is 6.02. The lowest BCUT2D eigenvalue weighted by atomic mass is 10.0. The predicted molar refractivity (Wildman–Crippen MR) is 77.2 cm³/mol. The zero-order chi connectivity index (χ0) is 14.7. The van der Waals surface area contributed by atoms with Gasteiger partial charge in [-0.1, -0.05) is 0 Å². The van der Waals surface area contributed by atoms with Crippen molar-refractivity contribution >= 4 is 5.69 Å². The highest BCUT2D eigenvalue weighted by molar-refractivity contribution is 5.48. The summed E-state index contributed by atoms with van der Waals surface area (Å²) in [7, 11) is 0. The number of rotatable bonds is 5. The Morgan fingerprint density at radius 1 is 1.40 bits per heavy atom. The molecule has 0 fully saturated rings. The summed E-state index contributed by atoms with van der Waals surface area (Å²) in [5.41, 5.74) is 11.8. The summed E-state index contributed by atoms with van der Waals surface area (Å²) in [4.78, 5) is 0. The van der Waals surface area contributed by atoms with E-state index < -0.39 is 0 Å². The topological polar surface area (TPSA) is 81.9 Å². The highest BCUT2D eigenvalue weighted by Crippen LogP contribution is 2.24. The van der Waals surface area contributed by atoms with Gasteiger partial charge in [0.2, 0.25) is 0 Å². The van der Waals surface area contributed by atoms with E-state index in [9.17, 15) is 4.39 Å². The highest BCUT2D eigenvalue weighted by atomic mass is 19.1. The van der Waals surface area contributed by atoms with Crippen LogP contribution in [0.1, 0.15) is 29.9 Å². The van der Waals surface area contributed by atoms with Gasteiger partial charge >= 0.3 is 0 Å². The van der Waals surface area contributed by atoms with Crippen LogP contribution in [0.4, 0.5) is 10.1 Å². The van der Waals surface area contributed by atoms with Crippen molar-refractivity contribution in [3.8, 4) is 0 Å². The van der Waals surface area contributed by atoms with E-state index >= 15 is 0 Å². The minimum atomic E-state index is -0.324. The average molecular weight is 277 g/mol. The first-order valence-electron chi connectivity index (χ1n) is 6.59. The molecule has 0 aliphatic carbocycles. The van der Waals surface area contributed by atoms with Gasteiger partial charge in [-0.3, -0.25) is 16.0 Å². The zero-order valence-corrected chi connectivity index (χ0v) is 11.7. The van der Waals surface area contributed by atoms with Crippen molar-refractivity contribution in [2.24, 2.45) is 5.84 Å². The fraction of sp³-hybridized carbons (Fsp3) is 0.357. The predicted octanol–water partition coefficient (Wildman–Crippen LogP) is 1.68. The largest absolute Gasteiger partial charge is 0.398 e. The Kier molecular flexibility index (Phi) is 4.36. The zero-order valence-electron chi connectivity index (χ0n) is 11.7. The van der Waals surface area contributed by atoms with Crippen LogP contribution < -0.4 is 17.0 Å². The fourth-order valence-corrected chi connectivity index (χ4v) is 2.35. The number of nitrogens with two attached hydrogens (primary N) is 2. The summed E-state index contributed by atoms with van der Waals surface area (Å²) in [5.74, 6) is 5.29. The molecule has 2 aromatic rings. The molecule has 0 aliphatic heterocycles. The monoisotopic (exact) mass is 277 g/mol. The molecule has 1 heterocycles. The number of hydrogen-bond donors (Lipinski definition) is 3. The fourth-order valence-electron chi connectivity index (χ4n) is 2.35. The van der Waals surface area contributed by atoms with Crippen molar-refractivity contribution in [1.29, 1.82) is 0 Å². The van der Waals surface area contributed by atoms with Gasteiger partial charge in [0.25, 0.3) is 0 Å². The van der Waals surface area contributed by atoms with E-state index in [1.807, 2.05) is 24.6 Å². The summed E-state index contributed by atoms with van der Waals surface area (Å²) in [6.07, 6.45) is 0.596. The molecule has 1 aromatic heterocycles. The molecule has 20 heavy (non-hydrogen) atoms. The number of aryl methyl sites for hydroxylation is 2. The molecule has 1 aromatic carbocycles. The van der Waals surface area contributed by atoms with Gasteiger partial charge < -0.3 is 5.73 Å². The van der Waals surface area contributed by atoms with Crippen LogP contribution in [0.25, 0.3) is 0 Å². The Hall–Kier alpha value is -1.92. The number of benzene rings is 1. The lowest BCUT2D eigenvalue weighted by Crippen LogP contribution is -2.31. The van der Waals surface area contributed by atoms with Gasteiger partial charge in [0, 0.05) is 24.3 Å². The summed E-state index contributed by atoms with van der Waals surface area (Å²) in [6, 6.07) is 6.06. The summed E-state index contributed by atoms with van der Waals surface area (Å²) >= 11 is 0. The van der Waals surface area contributed by atoms with Crippen molar-refractivity contribution in [2.45, 2.75) is 32.9 Å². The van der Waals surface area contributed by atoms with Crippen molar-refractivity contribution in [3.05, 3.63) is 47.0 Å². The van der Waals surface area contributed by atoms with Crippen LogP contribution in [0.5, 0.6) is 0 Å². The third-order valence-electron chi connectivity index (χ3n) is 3.32. The maximum Gasteiger partial charge on any atom is 0.123 e. The molecule has 0 radical (unpaired) electrons. The summed E-state index contributed by atoms with van der Waals surface area (Å²) in [6.45, 7) is 4.74. The molecule has 2 rings (SSSR count). The quantitative estimate of drug-likeness (QED) is 0.441. The van der Waals surface area contributed by atoms with Crippen molar-refractivity contribution in [3.63, 3.8) is 0 Å². The molecular formula is C14H20FN5. The van der Waals surface area contributed by atoms with Gasteiger partial charge in [-0.2, -0.15) is 5.10 Å². The van der Waals surface area contributed by atoms with Crippen LogP contribution in [-0.2, 0) is 13.0 Å². The average Bonchev–Trinajstić information content (AvgIpc) is 2.79. The third-order valence-corrected chi connectivity index (χ3v) is 3.32. The van der Waals surface area contributed by atoms with E-state index in [2.05, 4.69) is 10.5 Å². The van der Waals surface area contributed by atoms with Gasteiger partial charge in [0.15, 0.2) is 0 Å². The molecule has 1 unspecified atom stereocenters. The second-order valence-electron chi connectivity index (χ2n) is 4.79. The number of hydrogen-bond acceptors (Lipinski definition) is 4. The maximum atomic E-state index is 13.4. The van der Waals surface area contributed by atoms with Gasteiger partial charge in [-0.15, -0.1) is 0 Å². The van der Waals surface area contributed by atoms with Gasteiger partial charge in [-0.05, 0) is 43.7 Å². The molecular weight excluding hydrogens is 257 g/mol. The molecule has 0 saturated carbocycles. The number of hydrazine groups is 1. The summed E-state index contributed by atoms with van der Waals surface area (Å²) in [5, 5.41) is 4.39. The van der Waals surface area contributed by atoms with Crippen LogP contribution in [0.15, 0.2) is 24.3 Å². The van der Waals surface area contributed by atoms with Gasteiger partial charge in [0.05, 0.1) is 11.7 Å². The molecule has 108 valence electrons. The molecule has 5 nitrogen and oxygen atoms in total. The van der Waals surface area contributed by atoms with Gasteiger partial charge in [-0.25, -0.2) is 4.39 Å². The van der Waals surface area contributed by atoms with E-state index in [-0.39, 0.29) is 11.9 Å². The smallest absolute Gasteiger partial charge is 0.123 e. The molecule has 0 aliphatic rings. The lowest BCUT2D eigenvalue weighted by molar-refractivity contribution is 0.514.